The summed E-state index contributed by atoms with van der Waals surface area (Å²) in [5.41, 5.74) is 2.48. The van der Waals surface area contributed by atoms with Crippen molar-refractivity contribution in [3.8, 4) is 5.75 Å². The number of carbonyl (C=O) groups is 1. The van der Waals surface area contributed by atoms with E-state index in [1.54, 1.807) is 13.2 Å². The Morgan fingerprint density at radius 1 is 1.24 bits per heavy atom. The number of methoxy groups -OCH3 is 1. The van der Waals surface area contributed by atoms with E-state index in [-0.39, 0.29) is 17.8 Å². The average molecular weight is 398 g/mol. The molecule has 1 fully saturated rings. The van der Waals surface area contributed by atoms with Crippen molar-refractivity contribution in [3.05, 3.63) is 53.8 Å². The minimum atomic E-state index is -0.301. The molecule has 4 rings (SSSR count). The van der Waals surface area contributed by atoms with Crippen molar-refractivity contribution in [1.82, 2.24) is 20.3 Å². The number of hydrogen-bond acceptors (Lipinski definition) is 4. The maximum atomic E-state index is 13.3. The molecule has 1 aliphatic heterocycles. The number of fused-ring (bicyclic) bond motifs is 1. The molecule has 0 saturated carbocycles. The molecule has 2 heterocycles. The van der Waals surface area contributed by atoms with E-state index in [0.29, 0.717) is 18.6 Å². The van der Waals surface area contributed by atoms with Gasteiger partial charge in [-0.1, -0.05) is 17.3 Å². The van der Waals surface area contributed by atoms with Gasteiger partial charge in [0.15, 0.2) is 6.54 Å². The summed E-state index contributed by atoms with van der Waals surface area (Å²) in [6, 6.07) is 12.5. The predicted octanol–water partition coefficient (Wildman–Crippen LogP) is 1.12. The van der Waals surface area contributed by atoms with Crippen molar-refractivity contribution >= 4 is 16.9 Å². The molecule has 0 spiro atoms. The molecule has 7 nitrogen and oxygen atoms in total. The van der Waals surface area contributed by atoms with Gasteiger partial charge in [-0.15, -0.1) is 5.10 Å². The summed E-state index contributed by atoms with van der Waals surface area (Å²) in [6.07, 6.45) is 1.83. The number of amides is 1. The maximum absolute atomic E-state index is 13.3. The first kappa shape index (κ1) is 19.3. The van der Waals surface area contributed by atoms with Gasteiger partial charge in [-0.3, -0.25) is 4.79 Å². The Bertz CT molecular complexity index is 980. The van der Waals surface area contributed by atoms with E-state index in [2.05, 4.69) is 15.6 Å². The zero-order valence-electron chi connectivity index (χ0n) is 16.4. The van der Waals surface area contributed by atoms with E-state index < -0.39 is 0 Å². The van der Waals surface area contributed by atoms with Gasteiger partial charge in [-0.25, -0.2) is 9.07 Å². The maximum Gasteiger partial charge on any atom is 0.275 e. The van der Waals surface area contributed by atoms with Gasteiger partial charge in [-0.2, -0.15) is 0 Å². The minimum absolute atomic E-state index is 0.0518. The fourth-order valence-electron chi connectivity index (χ4n) is 3.85. The highest BCUT2D eigenvalue weighted by Gasteiger charge is 2.26. The lowest BCUT2D eigenvalue weighted by Crippen LogP contribution is -3.14. The molecule has 2 aromatic carbocycles. The molecule has 8 heteroatoms. The van der Waals surface area contributed by atoms with Crippen molar-refractivity contribution in [2.75, 3.05) is 26.7 Å². The van der Waals surface area contributed by atoms with Crippen LogP contribution in [0, 0.1) is 5.82 Å². The summed E-state index contributed by atoms with van der Waals surface area (Å²) >= 11 is 0. The number of hydrogen-bond donors (Lipinski definition) is 2. The fourth-order valence-corrected chi connectivity index (χ4v) is 3.85. The Labute approximate surface area is 168 Å². The van der Waals surface area contributed by atoms with Crippen LogP contribution < -0.4 is 15.0 Å². The Kier molecular flexibility index (Phi) is 5.71. The number of ether oxygens (including phenoxy) is 1. The van der Waals surface area contributed by atoms with Crippen LogP contribution in [0.1, 0.15) is 24.4 Å². The monoisotopic (exact) mass is 398 g/mol. The number of benzene rings is 2. The second kappa shape index (κ2) is 8.57. The number of piperidine rings is 1. The van der Waals surface area contributed by atoms with Gasteiger partial charge < -0.3 is 15.0 Å². The largest absolute Gasteiger partial charge is 0.497 e. The third-order valence-electron chi connectivity index (χ3n) is 5.50. The van der Waals surface area contributed by atoms with E-state index in [1.165, 1.54) is 17.0 Å². The van der Waals surface area contributed by atoms with Crippen molar-refractivity contribution in [2.45, 2.75) is 25.4 Å². The SMILES string of the molecule is COc1ccc(CNC(=O)C[NH+]2CCC(n3nnc4cc(F)ccc43)CC2)cc1. The Hall–Kier alpha value is -3.00. The standard InChI is InChI=1S/C21H24FN5O2/c1-29-18-5-2-15(3-6-18)13-23-21(28)14-26-10-8-17(9-11-26)27-20-7-4-16(22)12-19(20)24-25-27/h2-7,12,17H,8-11,13-14H2,1H3,(H,23,28)/p+1. The third-order valence-corrected chi connectivity index (χ3v) is 5.50. The normalized spacial score (nSPS) is 19.2. The summed E-state index contributed by atoms with van der Waals surface area (Å²) in [6.45, 7) is 2.76. The van der Waals surface area contributed by atoms with Crippen LogP contribution >= 0.6 is 0 Å². The van der Waals surface area contributed by atoms with Gasteiger partial charge in [-0.05, 0) is 29.8 Å². The molecule has 1 saturated heterocycles. The highest BCUT2D eigenvalue weighted by atomic mass is 19.1. The molecule has 3 aromatic rings. The molecule has 0 unspecified atom stereocenters. The van der Waals surface area contributed by atoms with Gasteiger partial charge in [0.1, 0.15) is 17.1 Å². The number of quaternary nitrogens is 1. The highest BCUT2D eigenvalue weighted by Crippen LogP contribution is 2.22. The molecular formula is C21H25FN5O2+. The zero-order chi connectivity index (χ0) is 20.2. The van der Waals surface area contributed by atoms with Crippen LogP contribution in [0.2, 0.25) is 0 Å². The smallest absolute Gasteiger partial charge is 0.275 e. The number of rotatable bonds is 6. The van der Waals surface area contributed by atoms with E-state index in [1.807, 2.05) is 28.9 Å². The molecule has 0 radical (unpaired) electrons. The topological polar surface area (TPSA) is 73.5 Å². The van der Waals surface area contributed by atoms with E-state index in [4.69, 9.17) is 4.74 Å². The van der Waals surface area contributed by atoms with E-state index in [9.17, 15) is 9.18 Å². The second-order valence-electron chi connectivity index (χ2n) is 7.45. The molecule has 1 aromatic heterocycles. The summed E-state index contributed by atoms with van der Waals surface area (Å²) in [5.74, 6) is 0.554. The van der Waals surface area contributed by atoms with Gasteiger partial charge in [0, 0.05) is 25.5 Å². The number of carbonyl (C=O) groups excluding carboxylic acids is 1. The average Bonchev–Trinajstić information content (AvgIpc) is 3.16. The molecule has 0 atom stereocenters. The molecule has 2 N–H and O–H groups in total. The highest BCUT2D eigenvalue weighted by molar-refractivity contribution is 5.76. The van der Waals surface area contributed by atoms with E-state index in [0.717, 1.165) is 42.8 Å². The number of halogens is 1. The number of likely N-dealkylation sites (tertiary alicyclic amines) is 1. The molecule has 1 amide bonds. The quantitative estimate of drug-likeness (QED) is 0.653. The summed E-state index contributed by atoms with van der Waals surface area (Å²) in [7, 11) is 1.63. The van der Waals surface area contributed by atoms with E-state index >= 15 is 0 Å². The van der Waals surface area contributed by atoms with Crippen LogP contribution in [0.4, 0.5) is 4.39 Å². The Balaban J connectivity index is 1.26. The first-order valence-corrected chi connectivity index (χ1v) is 9.86. The van der Waals surface area contributed by atoms with Crippen LogP contribution in [0.25, 0.3) is 11.0 Å². The minimum Gasteiger partial charge on any atom is -0.497 e. The van der Waals surface area contributed by atoms with Crippen molar-refractivity contribution in [3.63, 3.8) is 0 Å². The van der Waals surface area contributed by atoms with Gasteiger partial charge in [0.2, 0.25) is 0 Å². The van der Waals surface area contributed by atoms with Crippen LogP contribution in [-0.4, -0.2) is 47.6 Å². The summed E-state index contributed by atoms with van der Waals surface area (Å²) in [5, 5.41) is 11.3. The molecule has 0 aliphatic carbocycles. The van der Waals surface area contributed by atoms with Crippen LogP contribution in [-0.2, 0) is 11.3 Å². The lowest BCUT2D eigenvalue weighted by atomic mass is 10.0. The third kappa shape index (κ3) is 4.54. The van der Waals surface area contributed by atoms with Gasteiger partial charge >= 0.3 is 0 Å². The van der Waals surface area contributed by atoms with Crippen molar-refractivity contribution in [1.29, 1.82) is 0 Å². The lowest BCUT2D eigenvalue weighted by Gasteiger charge is -2.29. The summed E-state index contributed by atoms with van der Waals surface area (Å²) in [4.78, 5) is 13.6. The lowest BCUT2D eigenvalue weighted by molar-refractivity contribution is -0.897. The molecule has 0 bridgehead atoms. The van der Waals surface area contributed by atoms with Gasteiger partial charge in [0.05, 0.1) is 31.8 Å². The van der Waals surface area contributed by atoms with Crippen LogP contribution in [0.15, 0.2) is 42.5 Å². The number of nitrogens with zero attached hydrogens (tertiary/aromatic N) is 3. The first-order chi connectivity index (χ1) is 14.1. The fraction of sp³-hybridized carbons (Fsp3) is 0.381. The number of nitrogens with one attached hydrogen (secondary N) is 2. The Morgan fingerprint density at radius 3 is 2.72 bits per heavy atom. The summed E-state index contributed by atoms with van der Waals surface area (Å²) < 4.78 is 20.4. The molecule has 29 heavy (non-hydrogen) atoms. The van der Waals surface area contributed by atoms with Gasteiger partial charge in [0.25, 0.3) is 5.91 Å². The van der Waals surface area contributed by atoms with Crippen LogP contribution in [0.3, 0.4) is 0 Å². The zero-order valence-corrected chi connectivity index (χ0v) is 16.4. The van der Waals surface area contributed by atoms with Crippen molar-refractivity contribution < 1.29 is 18.8 Å². The molecule has 152 valence electrons. The number of aromatic nitrogens is 3. The molecule has 1 aliphatic rings. The second-order valence-corrected chi connectivity index (χ2v) is 7.45. The Morgan fingerprint density at radius 2 is 2.00 bits per heavy atom. The first-order valence-electron chi connectivity index (χ1n) is 9.86. The van der Waals surface area contributed by atoms with Crippen molar-refractivity contribution in [2.24, 2.45) is 0 Å². The molecular weight excluding hydrogens is 373 g/mol. The predicted molar refractivity (Wildman–Crippen MR) is 106 cm³/mol. The van der Waals surface area contributed by atoms with Crippen LogP contribution in [0.5, 0.6) is 5.75 Å².